The van der Waals surface area contributed by atoms with E-state index < -0.39 is 0 Å². The number of aromatic nitrogens is 2. The van der Waals surface area contributed by atoms with Crippen LogP contribution >= 0.6 is 0 Å². The zero-order valence-corrected chi connectivity index (χ0v) is 8.91. The Labute approximate surface area is 89.4 Å². The molecular weight excluding hydrogens is 192 g/mol. The molecule has 1 aromatic heterocycles. The van der Waals surface area contributed by atoms with E-state index in [1.165, 1.54) is 6.42 Å². The highest BCUT2D eigenvalue weighted by Gasteiger charge is 2.18. The molecule has 1 aliphatic rings. The van der Waals surface area contributed by atoms with Gasteiger partial charge in [0.15, 0.2) is 5.82 Å². The summed E-state index contributed by atoms with van der Waals surface area (Å²) in [7, 11) is 0. The lowest BCUT2D eigenvalue weighted by Gasteiger charge is -2.01. The standard InChI is InChI=1S/C10H18N4O/c11-4-1-2-9-13-10(15-14-9)6-8-3-5-12-7-8/h8,12H,1-7,11H2. The van der Waals surface area contributed by atoms with Gasteiger partial charge in [-0.25, -0.2) is 0 Å². The van der Waals surface area contributed by atoms with Gasteiger partial charge < -0.3 is 15.6 Å². The molecule has 84 valence electrons. The van der Waals surface area contributed by atoms with Crippen molar-refractivity contribution >= 4 is 0 Å². The van der Waals surface area contributed by atoms with Crippen LogP contribution in [0.3, 0.4) is 0 Å². The second-order valence-electron chi connectivity index (χ2n) is 4.06. The maximum Gasteiger partial charge on any atom is 0.226 e. The van der Waals surface area contributed by atoms with E-state index in [1.807, 2.05) is 0 Å². The smallest absolute Gasteiger partial charge is 0.226 e. The van der Waals surface area contributed by atoms with Gasteiger partial charge in [0.1, 0.15) is 0 Å². The van der Waals surface area contributed by atoms with Crippen molar-refractivity contribution in [2.75, 3.05) is 19.6 Å². The Morgan fingerprint density at radius 1 is 1.53 bits per heavy atom. The topological polar surface area (TPSA) is 77.0 Å². The van der Waals surface area contributed by atoms with Crippen LogP contribution in [-0.2, 0) is 12.8 Å². The van der Waals surface area contributed by atoms with Crippen LogP contribution in [-0.4, -0.2) is 29.8 Å². The average molecular weight is 210 g/mol. The second-order valence-corrected chi connectivity index (χ2v) is 4.06. The first kappa shape index (κ1) is 10.6. The highest BCUT2D eigenvalue weighted by atomic mass is 16.5. The van der Waals surface area contributed by atoms with E-state index in [1.54, 1.807) is 0 Å². The molecule has 15 heavy (non-hydrogen) atoms. The fourth-order valence-electron chi connectivity index (χ4n) is 1.87. The summed E-state index contributed by atoms with van der Waals surface area (Å²) in [5.41, 5.74) is 5.42. The zero-order chi connectivity index (χ0) is 10.5. The Hall–Kier alpha value is -0.940. The summed E-state index contributed by atoms with van der Waals surface area (Å²) in [4.78, 5) is 4.35. The monoisotopic (exact) mass is 210 g/mol. The van der Waals surface area contributed by atoms with Crippen LogP contribution in [0.15, 0.2) is 4.52 Å². The molecule has 2 rings (SSSR count). The predicted molar refractivity (Wildman–Crippen MR) is 56.4 cm³/mol. The van der Waals surface area contributed by atoms with Crippen molar-refractivity contribution < 1.29 is 4.52 Å². The quantitative estimate of drug-likeness (QED) is 0.721. The Balaban J connectivity index is 1.83. The van der Waals surface area contributed by atoms with Crippen LogP contribution in [0.1, 0.15) is 24.6 Å². The molecule has 0 aliphatic carbocycles. The van der Waals surface area contributed by atoms with Crippen LogP contribution in [0.25, 0.3) is 0 Å². The Kier molecular flexibility index (Phi) is 3.69. The van der Waals surface area contributed by atoms with Crippen LogP contribution in [0.2, 0.25) is 0 Å². The number of hydrogen-bond acceptors (Lipinski definition) is 5. The summed E-state index contributed by atoms with van der Waals surface area (Å²) in [6, 6.07) is 0. The molecule has 0 amide bonds. The first-order valence-electron chi connectivity index (χ1n) is 5.60. The summed E-state index contributed by atoms with van der Waals surface area (Å²) < 4.78 is 5.19. The first-order chi connectivity index (χ1) is 7.38. The summed E-state index contributed by atoms with van der Waals surface area (Å²) in [5, 5.41) is 7.26. The van der Waals surface area contributed by atoms with Gasteiger partial charge in [0.25, 0.3) is 0 Å². The van der Waals surface area contributed by atoms with Gasteiger partial charge in [0, 0.05) is 12.8 Å². The lowest BCUT2D eigenvalue weighted by molar-refractivity contribution is 0.353. The molecule has 0 radical (unpaired) electrons. The number of nitrogens with zero attached hydrogens (tertiary/aromatic N) is 2. The lowest BCUT2D eigenvalue weighted by atomic mass is 10.1. The lowest BCUT2D eigenvalue weighted by Crippen LogP contribution is -2.10. The molecular formula is C10H18N4O. The average Bonchev–Trinajstić information content (AvgIpc) is 2.87. The second kappa shape index (κ2) is 5.23. The minimum Gasteiger partial charge on any atom is -0.339 e. The summed E-state index contributed by atoms with van der Waals surface area (Å²) in [6.45, 7) is 2.86. The molecule has 0 spiro atoms. The molecule has 1 unspecified atom stereocenters. The maximum absolute atomic E-state index is 5.42. The summed E-state index contributed by atoms with van der Waals surface area (Å²) >= 11 is 0. The van der Waals surface area contributed by atoms with Crippen molar-refractivity contribution in [3.8, 4) is 0 Å². The number of hydrogen-bond donors (Lipinski definition) is 2. The number of rotatable bonds is 5. The molecule has 1 saturated heterocycles. The molecule has 0 aromatic carbocycles. The highest BCUT2D eigenvalue weighted by Crippen LogP contribution is 2.13. The summed E-state index contributed by atoms with van der Waals surface area (Å²) in [6.07, 6.45) is 3.86. The normalized spacial score (nSPS) is 21.0. The Morgan fingerprint density at radius 3 is 3.20 bits per heavy atom. The van der Waals surface area contributed by atoms with Gasteiger partial charge >= 0.3 is 0 Å². The summed E-state index contributed by atoms with van der Waals surface area (Å²) in [5.74, 6) is 2.23. The number of aryl methyl sites for hydroxylation is 1. The van der Waals surface area contributed by atoms with Gasteiger partial charge in [-0.05, 0) is 38.4 Å². The van der Waals surface area contributed by atoms with Crippen LogP contribution < -0.4 is 11.1 Å². The molecule has 3 N–H and O–H groups in total. The van der Waals surface area contributed by atoms with E-state index >= 15 is 0 Å². The van der Waals surface area contributed by atoms with Gasteiger partial charge in [-0.15, -0.1) is 0 Å². The van der Waals surface area contributed by atoms with Crippen molar-refractivity contribution in [1.29, 1.82) is 0 Å². The number of nitrogens with one attached hydrogen (secondary N) is 1. The highest BCUT2D eigenvalue weighted by molar-refractivity contribution is 4.89. The van der Waals surface area contributed by atoms with Crippen molar-refractivity contribution in [3.63, 3.8) is 0 Å². The van der Waals surface area contributed by atoms with E-state index in [0.717, 1.165) is 44.1 Å². The molecule has 2 heterocycles. The van der Waals surface area contributed by atoms with E-state index in [4.69, 9.17) is 10.3 Å². The molecule has 0 bridgehead atoms. The third kappa shape index (κ3) is 3.00. The molecule has 5 heteroatoms. The molecule has 5 nitrogen and oxygen atoms in total. The fraction of sp³-hybridized carbons (Fsp3) is 0.800. The van der Waals surface area contributed by atoms with Gasteiger partial charge in [-0.1, -0.05) is 5.16 Å². The van der Waals surface area contributed by atoms with Crippen molar-refractivity contribution in [2.24, 2.45) is 11.7 Å². The number of nitrogens with two attached hydrogens (primary N) is 1. The third-order valence-corrected chi connectivity index (χ3v) is 2.74. The van der Waals surface area contributed by atoms with E-state index in [2.05, 4.69) is 15.5 Å². The first-order valence-corrected chi connectivity index (χ1v) is 5.60. The molecule has 1 aliphatic heterocycles. The Bertz CT molecular complexity index is 293. The molecule has 0 saturated carbocycles. The largest absolute Gasteiger partial charge is 0.339 e. The van der Waals surface area contributed by atoms with Gasteiger partial charge in [0.2, 0.25) is 5.89 Å². The molecule has 1 aromatic rings. The molecule has 1 atom stereocenters. The van der Waals surface area contributed by atoms with Gasteiger partial charge in [-0.3, -0.25) is 0 Å². The zero-order valence-electron chi connectivity index (χ0n) is 8.91. The van der Waals surface area contributed by atoms with E-state index in [-0.39, 0.29) is 0 Å². The van der Waals surface area contributed by atoms with Crippen LogP contribution in [0, 0.1) is 5.92 Å². The minimum atomic E-state index is 0.660. The van der Waals surface area contributed by atoms with E-state index in [9.17, 15) is 0 Å². The molecule has 1 fully saturated rings. The van der Waals surface area contributed by atoms with Crippen molar-refractivity contribution in [3.05, 3.63) is 11.7 Å². The third-order valence-electron chi connectivity index (χ3n) is 2.74. The maximum atomic E-state index is 5.42. The van der Waals surface area contributed by atoms with E-state index in [0.29, 0.717) is 12.5 Å². The Morgan fingerprint density at radius 2 is 2.47 bits per heavy atom. The van der Waals surface area contributed by atoms with Crippen LogP contribution in [0.4, 0.5) is 0 Å². The fourth-order valence-corrected chi connectivity index (χ4v) is 1.87. The van der Waals surface area contributed by atoms with Gasteiger partial charge in [0.05, 0.1) is 0 Å². The predicted octanol–water partition coefficient (Wildman–Crippen LogP) is 0.113. The van der Waals surface area contributed by atoms with Crippen molar-refractivity contribution in [2.45, 2.75) is 25.7 Å². The van der Waals surface area contributed by atoms with Gasteiger partial charge in [-0.2, -0.15) is 4.98 Å². The SMILES string of the molecule is NCCCc1noc(CC2CCNC2)n1. The van der Waals surface area contributed by atoms with Crippen LogP contribution in [0.5, 0.6) is 0 Å². The van der Waals surface area contributed by atoms with Crippen molar-refractivity contribution in [1.82, 2.24) is 15.5 Å². The minimum absolute atomic E-state index is 0.660.